The largest absolute Gasteiger partial charge is 0.347 e. The van der Waals surface area contributed by atoms with Crippen molar-refractivity contribution in [1.29, 1.82) is 0 Å². The van der Waals surface area contributed by atoms with Crippen LogP contribution in [0.5, 0.6) is 0 Å². The van der Waals surface area contributed by atoms with Gasteiger partial charge in [0.25, 0.3) is 5.69 Å². The zero-order valence-corrected chi connectivity index (χ0v) is 15.9. The highest BCUT2D eigenvalue weighted by molar-refractivity contribution is 7.89. The van der Waals surface area contributed by atoms with Crippen molar-refractivity contribution in [3.05, 3.63) is 46.1 Å². The van der Waals surface area contributed by atoms with Gasteiger partial charge in [-0.1, -0.05) is 17.3 Å². The molecular weight excluding hydrogens is 390 g/mol. The van der Waals surface area contributed by atoms with Crippen LogP contribution in [-0.2, 0) is 21.4 Å². The van der Waals surface area contributed by atoms with E-state index in [1.165, 1.54) is 22.5 Å². The van der Waals surface area contributed by atoms with Crippen molar-refractivity contribution in [2.24, 2.45) is 5.92 Å². The fourth-order valence-electron chi connectivity index (χ4n) is 3.04. The molecule has 0 atom stereocenters. The van der Waals surface area contributed by atoms with E-state index in [1.54, 1.807) is 6.92 Å². The molecule has 3 rings (SSSR count). The Morgan fingerprint density at radius 1 is 1.36 bits per heavy atom. The van der Waals surface area contributed by atoms with E-state index in [-0.39, 0.29) is 36.4 Å². The van der Waals surface area contributed by atoms with E-state index in [0.717, 1.165) is 6.07 Å². The number of amides is 1. The predicted molar refractivity (Wildman–Crippen MR) is 95.5 cm³/mol. The van der Waals surface area contributed by atoms with Gasteiger partial charge < -0.3 is 9.84 Å². The zero-order valence-electron chi connectivity index (χ0n) is 15.1. The Labute approximate surface area is 160 Å². The molecule has 0 unspecified atom stereocenters. The first-order valence-electron chi connectivity index (χ1n) is 8.59. The van der Waals surface area contributed by atoms with Crippen LogP contribution in [0.4, 0.5) is 5.69 Å². The van der Waals surface area contributed by atoms with Gasteiger partial charge >= 0.3 is 0 Å². The summed E-state index contributed by atoms with van der Waals surface area (Å²) in [5.41, 5.74) is -0.461. The fraction of sp³-hybridized carbons (Fsp3) is 0.438. The predicted octanol–water partition coefficient (Wildman–Crippen LogP) is 1.00. The summed E-state index contributed by atoms with van der Waals surface area (Å²) in [5.74, 6) is 0.180. The number of para-hydroxylation sites is 1. The van der Waals surface area contributed by atoms with Crippen LogP contribution >= 0.6 is 0 Å². The Hall–Kier alpha value is -2.86. The summed E-state index contributed by atoms with van der Waals surface area (Å²) < 4.78 is 31.7. The lowest BCUT2D eigenvalue weighted by atomic mass is 9.97. The minimum absolute atomic E-state index is 0.103. The molecule has 1 aromatic carbocycles. The van der Waals surface area contributed by atoms with E-state index in [4.69, 9.17) is 4.52 Å². The zero-order chi connectivity index (χ0) is 20.3. The van der Waals surface area contributed by atoms with Crippen molar-refractivity contribution in [2.45, 2.75) is 31.2 Å². The van der Waals surface area contributed by atoms with Gasteiger partial charge in [0.15, 0.2) is 10.7 Å². The van der Waals surface area contributed by atoms with E-state index < -0.39 is 20.6 Å². The molecule has 0 bridgehead atoms. The molecule has 11 nitrogen and oxygen atoms in total. The van der Waals surface area contributed by atoms with Crippen LogP contribution in [0.2, 0.25) is 0 Å². The van der Waals surface area contributed by atoms with Crippen molar-refractivity contribution < 1.29 is 22.7 Å². The Morgan fingerprint density at radius 3 is 2.64 bits per heavy atom. The third-order valence-corrected chi connectivity index (χ3v) is 6.43. The minimum atomic E-state index is -4.01. The molecule has 150 valence electrons. The smallest absolute Gasteiger partial charge is 0.289 e. The van der Waals surface area contributed by atoms with Crippen LogP contribution in [0, 0.1) is 23.0 Å². The topological polar surface area (TPSA) is 149 Å². The Morgan fingerprint density at radius 2 is 2.04 bits per heavy atom. The molecule has 2 aromatic rings. The lowest BCUT2D eigenvalue weighted by molar-refractivity contribution is -0.387. The molecule has 0 radical (unpaired) electrons. The lowest BCUT2D eigenvalue weighted by Crippen LogP contribution is -2.43. The average Bonchev–Trinajstić information content (AvgIpc) is 3.11. The van der Waals surface area contributed by atoms with Crippen LogP contribution in [0.1, 0.15) is 24.6 Å². The van der Waals surface area contributed by atoms with Crippen LogP contribution in [-0.4, -0.2) is 46.8 Å². The molecule has 1 amide bonds. The molecule has 0 spiro atoms. The summed E-state index contributed by atoms with van der Waals surface area (Å²) in [4.78, 5) is 26.4. The van der Waals surface area contributed by atoms with Crippen LogP contribution in [0.15, 0.2) is 33.7 Å². The number of nitro groups is 1. The normalized spacial score (nSPS) is 16.0. The first-order chi connectivity index (χ1) is 13.3. The van der Waals surface area contributed by atoms with E-state index in [1.807, 2.05) is 0 Å². The molecule has 12 heteroatoms. The number of nitrogens with one attached hydrogen (secondary N) is 1. The molecule has 1 aliphatic heterocycles. The Bertz CT molecular complexity index is 981. The van der Waals surface area contributed by atoms with Gasteiger partial charge in [0, 0.05) is 25.1 Å². The summed E-state index contributed by atoms with van der Waals surface area (Å²) >= 11 is 0. The van der Waals surface area contributed by atoms with E-state index in [2.05, 4.69) is 15.5 Å². The number of carbonyl (C=O) groups excluding carboxylic acids is 1. The van der Waals surface area contributed by atoms with Gasteiger partial charge in [-0.05, 0) is 25.8 Å². The van der Waals surface area contributed by atoms with Gasteiger partial charge in [0.05, 0.1) is 11.5 Å². The first kappa shape index (κ1) is 19.9. The summed E-state index contributed by atoms with van der Waals surface area (Å²) in [6.45, 7) is 1.98. The van der Waals surface area contributed by atoms with Crippen LogP contribution in [0.25, 0.3) is 0 Å². The quantitative estimate of drug-likeness (QED) is 0.549. The van der Waals surface area contributed by atoms with Gasteiger partial charge in [-0.15, -0.1) is 0 Å². The second-order valence-corrected chi connectivity index (χ2v) is 8.26. The molecule has 1 saturated heterocycles. The SMILES string of the molecule is Cc1noc(CNC(=O)C2CCN(S(=O)(=O)c3ccccc3[N+](=O)[O-])CC2)n1. The molecule has 2 heterocycles. The van der Waals surface area contributed by atoms with Gasteiger partial charge in [-0.25, -0.2) is 8.42 Å². The number of benzene rings is 1. The van der Waals surface area contributed by atoms with Gasteiger partial charge in [0.2, 0.25) is 21.8 Å². The minimum Gasteiger partial charge on any atom is -0.347 e. The fourth-order valence-corrected chi connectivity index (χ4v) is 4.67. The number of aryl methyl sites for hydroxylation is 1. The molecule has 1 aromatic heterocycles. The first-order valence-corrected chi connectivity index (χ1v) is 10.0. The molecule has 0 saturated carbocycles. The summed E-state index contributed by atoms with van der Waals surface area (Å²) in [6, 6.07) is 5.24. The van der Waals surface area contributed by atoms with Crippen molar-refractivity contribution in [3.63, 3.8) is 0 Å². The standard InChI is InChI=1S/C16H19N5O6S/c1-11-18-15(27-19-11)10-17-16(22)12-6-8-20(9-7-12)28(25,26)14-5-3-2-4-13(14)21(23)24/h2-5,12H,6-10H2,1H3,(H,17,22). The number of hydrogen-bond donors (Lipinski definition) is 1. The van der Waals surface area contributed by atoms with Gasteiger partial charge in [-0.3, -0.25) is 14.9 Å². The second kappa shape index (κ2) is 8.02. The van der Waals surface area contributed by atoms with E-state index in [0.29, 0.717) is 24.6 Å². The summed E-state index contributed by atoms with van der Waals surface area (Å²) in [7, 11) is -4.01. The highest BCUT2D eigenvalue weighted by Gasteiger charge is 2.35. The highest BCUT2D eigenvalue weighted by Crippen LogP contribution is 2.29. The summed E-state index contributed by atoms with van der Waals surface area (Å²) in [5, 5.41) is 17.5. The van der Waals surface area contributed by atoms with Crippen LogP contribution < -0.4 is 5.32 Å². The van der Waals surface area contributed by atoms with Gasteiger partial charge in [-0.2, -0.15) is 9.29 Å². The Kier molecular flexibility index (Phi) is 5.70. The maximum absolute atomic E-state index is 12.8. The maximum Gasteiger partial charge on any atom is 0.289 e. The van der Waals surface area contributed by atoms with Crippen molar-refractivity contribution in [3.8, 4) is 0 Å². The van der Waals surface area contributed by atoms with Crippen molar-refractivity contribution >= 4 is 21.6 Å². The Balaban J connectivity index is 1.61. The number of rotatable bonds is 6. The molecule has 1 aliphatic rings. The summed E-state index contributed by atoms with van der Waals surface area (Å²) in [6.07, 6.45) is 0.628. The number of aromatic nitrogens is 2. The molecule has 1 N–H and O–H groups in total. The van der Waals surface area contributed by atoms with Crippen molar-refractivity contribution in [1.82, 2.24) is 19.8 Å². The number of hydrogen-bond acceptors (Lipinski definition) is 8. The molecule has 0 aliphatic carbocycles. The molecule has 1 fully saturated rings. The third-order valence-electron chi connectivity index (χ3n) is 4.49. The highest BCUT2D eigenvalue weighted by atomic mass is 32.2. The van der Waals surface area contributed by atoms with Gasteiger partial charge in [0.1, 0.15) is 0 Å². The molecule has 28 heavy (non-hydrogen) atoms. The monoisotopic (exact) mass is 409 g/mol. The number of nitrogens with zero attached hydrogens (tertiary/aromatic N) is 4. The maximum atomic E-state index is 12.8. The second-order valence-electron chi connectivity index (χ2n) is 6.36. The lowest BCUT2D eigenvalue weighted by Gasteiger charge is -2.30. The van der Waals surface area contributed by atoms with E-state index in [9.17, 15) is 23.3 Å². The number of piperidine rings is 1. The van der Waals surface area contributed by atoms with Crippen LogP contribution in [0.3, 0.4) is 0 Å². The molecular formula is C16H19N5O6S. The number of sulfonamides is 1. The number of nitro benzene ring substituents is 1. The third kappa shape index (κ3) is 4.17. The van der Waals surface area contributed by atoms with E-state index >= 15 is 0 Å². The number of carbonyl (C=O) groups is 1. The average molecular weight is 409 g/mol. The van der Waals surface area contributed by atoms with Crippen molar-refractivity contribution in [2.75, 3.05) is 13.1 Å².